The molecular formula is C24H22Br2FN. The molecule has 0 atom stereocenters. The van der Waals surface area contributed by atoms with Crippen molar-refractivity contribution in [1.82, 2.24) is 4.98 Å². The van der Waals surface area contributed by atoms with Crippen LogP contribution in [0.25, 0.3) is 28.5 Å². The molecule has 0 fully saturated rings. The number of pyridine rings is 1. The van der Waals surface area contributed by atoms with Gasteiger partial charge in [0.15, 0.2) is 0 Å². The molecule has 3 rings (SSSR count). The minimum absolute atomic E-state index is 0.234. The van der Waals surface area contributed by atoms with Crippen molar-refractivity contribution in [2.24, 2.45) is 0 Å². The van der Waals surface area contributed by atoms with E-state index in [0.717, 1.165) is 49.0 Å². The quantitative estimate of drug-likeness (QED) is 0.341. The minimum atomic E-state index is -0.234. The van der Waals surface area contributed by atoms with E-state index in [0.29, 0.717) is 0 Å². The lowest BCUT2D eigenvalue weighted by atomic mass is 9.87. The summed E-state index contributed by atoms with van der Waals surface area (Å²) in [6.07, 6.45) is 2.87. The van der Waals surface area contributed by atoms with Crippen LogP contribution in [0.3, 0.4) is 0 Å². The first-order valence-corrected chi connectivity index (χ1v) is 10.9. The van der Waals surface area contributed by atoms with Gasteiger partial charge in [-0.05, 0) is 79.1 Å². The maximum Gasteiger partial charge on any atom is 0.123 e. The summed E-state index contributed by atoms with van der Waals surface area (Å²) in [5.41, 5.74) is 7.43. The molecular weight excluding hydrogens is 481 g/mol. The van der Waals surface area contributed by atoms with Crippen LogP contribution >= 0.6 is 31.9 Å². The second kappa shape index (κ2) is 9.15. The van der Waals surface area contributed by atoms with E-state index < -0.39 is 0 Å². The Morgan fingerprint density at radius 3 is 2.18 bits per heavy atom. The van der Waals surface area contributed by atoms with Gasteiger partial charge in [0.1, 0.15) is 5.82 Å². The third kappa shape index (κ3) is 4.44. The molecule has 3 aromatic rings. The molecule has 0 spiro atoms. The van der Waals surface area contributed by atoms with Gasteiger partial charge in [0.25, 0.3) is 0 Å². The predicted octanol–water partition coefficient (Wildman–Crippen LogP) is 8.33. The molecule has 1 nitrogen and oxygen atoms in total. The zero-order chi connectivity index (χ0) is 20.3. The standard InChI is InChI=1S/C24H22Br2FN/c1-4-19-22(16-10-12-18(27)13-11-16)20(14-21(25)26)23(15(2)3)28-24(19)17-8-6-5-7-9-17/h5-15H,4H2,1-3H3. The molecule has 4 heteroatoms. The highest BCUT2D eigenvalue weighted by atomic mass is 79.9. The fourth-order valence-electron chi connectivity index (χ4n) is 3.48. The summed E-state index contributed by atoms with van der Waals surface area (Å²) >= 11 is 7.03. The Hall–Kier alpha value is -1.78. The molecule has 1 aromatic heterocycles. The maximum atomic E-state index is 13.6. The lowest BCUT2D eigenvalue weighted by Gasteiger charge is -2.22. The van der Waals surface area contributed by atoms with Crippen molar-refractivity contribution in [3.05, 3.63) is 80.6 Å². The Labute approximate surface area is 183 Å². The molecule has 0 aliphatic carbocycles. The van der Waals surface area contributed by atoms with Crippen molar-refractivity contribution in [1.29, 1.82) is 0 Å². The first-order chi connectivity index (χ1) is 13.4. The third-order valence-electron chi connectivity index (χ3n) is 4.70. The molecule has 0 saturated carbocycles. The van der Waals surface area contributed by atoms with Crippen LogP contribution in [0.1, 0.15) is 43.5 Å². The Morgan fingerprint density at radius 1 is 1.00 bits per heavy atom. The van der Waals surface area contributed by atoms with Crippen molar-refractivity contribution in [2.75, 3.05) is 0 Å². The summed E-state index contributed by atoms with van der Waals surface area (Å²) in [6.45, 7) is 6.44. The van der Waals surface area contributed by atoms with Gasteiger partial charge < -0.3 is 0 Å². The van der Waals surface area contributed by atoms with Crippen LogP contribution in [0.5, 0.6) is 0 Å². The molecule has 1 heterocycles. The van der Waals surface area contributed by atoms with E-state index in [1.54, 1.807) is 0 Å². The summed E-state index contributed by atoms with van der Waals surface area (Å²) in [4.78, 5) is 5.11. The van der Waals surface area contributed by atoms with Crippen LogP contribution in [0.2, 0.25) is 0 Å². The molecule has 0 unspecified atom stereocenters. The number of hydrogen-bond donors (Lipinski definition) is 0. The van der Waals surface area contributed by atoms with Crippen molar-refractivity contribution >= 4 is 37.9 Å². The summed E-state index contributed by atoms with van der Waals surface area (Å²) in [7, 11) is 0. The maximum absolute atomic E-state index is 13.6. The molecule has 0 N–H and O–H groups in total. The first kappa shape index (κ1) is 20.9. The van der Waals surface area contributed by atoms with Crippen LogP contribution in [-0.4, -0.2) is 4.98 Å². The second-order valence-electron chi connectivity index (χ2n) is 6.93. The largest absolute Gasteiger partial charge is 0.252 e. The van der Waals surface area contributed by atoms with Crippen LogP contribution < -0.4 is 0 Å². The Bertz CT molecular complexity index is 989. The number of benzene rings is 2. The van der Waals surface area contributed by atoms with Crippen molar-refractivity contribution in [2.45, 2.75) is 33.1 Å². The van der Waals surface area contributed by atoms with Gasteiger partial charge in [0.2, 0.25) is 0 Å². The fraction of sp³-hybridized carbons (Fsp3) is 0.208. The summed E-state index contributed by atoms with van der Waals surface area (Å²) < 4.78 is 14.5. The zero-order valence-corrected chi connectivity index (χ0v) is 19.3. The summed E-state index contributed by atoms with van der Waals surface area (Å²) in [6, 6.07) is 17.0. The normalized spacial score (nSPS) is 11.0. The Morgan fingerprint density at radius 2 is 1.64 bits per heavy atom. The van der Waals surface area contributed by atoms with E-state index in [1.807, 2.05) is 30.3 Å². The fourth-order valence-corrected chi connectivity index (χ4v) is 3.94. The highest BCUT2D eigenvalue weighted by Gasteiger charge is 2.21. The first-order valence-electron chi connectivity index (χ1n) is 9.33. The van der Waals surface area contributed by atoms with E-state index in [1.165, 1.54) is 12.1 Å². The zero-order valence-electron chi connectivity index (χ0n) is 16.1. The molecule has 0 bridgehead atoms. The number of hydrogen-bond acceptors (Lipinski definition) is 1. The van der Waals surface area contributed by atoms with E-state index in [4.69, 9.17) is 4.98 Å². The Balaban J connectivity index is 2.45. The van der Waals surface area contributed by atoms with E-state index in [2.05, 4.69) is 70.8 Å². The predicted molar refractivity (Wildman–Crippen MR) is 124 cm³/mol. The molecule has 144 valence electrons. The van der Waals surface area contributed by atoms with Gasteiger partial charge in [-0.15, -0.1) is 0 Å². The van der Waals surface area contributed by atoms with Crippen molar-refractivity contribution in [3.8, 4) is 22.4 Å². The lowest BCUT2D eigenvalue weighted by Crippen LogP contribution is -2.06. The molecule has 0 amide bonds. The Kier molecular flexibility index (Phi) is 6.84. The van der Waals surface area contributed by atoms with Gasteiger partial charge in [0.05, 0.1) is 14.8 Å². The van der Waals surface area contributed by atoms with Gasteiger partial charge in [0, 0.05) is 11.1 Å². The molecule has 28 heavy (non-hydrogen) atoms. The SMILES string of the molecule is CCc1c(-c2ccccc2)nc(C(C)C)c(C=C(Br)Br)c1-c1ccc(F)cc1. The van der Waals surface area contributed by atoms with Crippen LogP contribution in [0.15, 0.2) is 58.0 Å². The van der Waals surface area contributed by atoms with Gasteiger partial charge in [-0.2, -0.15) is 0 Å². The number of nitrogens with zero attached hydrogens (tertiary/aromatic N) is 1. The van der Waals surface area contributed by atoms with E-state index in [9.17, 15) is 4.39 Å². The van der Waals surface area contributed by atoms with Crippen LogP contribution in [0.4, 0.5) is 4.39 Å². The monoisotopic (exact) mass is 501 g/mol. The number of rotatable bonds is 5. The number of aromatic nitrogens is 1. The van der Waals surface area contributed by atoms with Gasteiger partial charge in [-0.3, -0.25) is 4.98 Å². The average Bonchev–Trinajstić information content (AvgIpc) is 2.68. The lowest BCUT2D eigenvalue weighted by molar-refractivity contribution is 0.628. The smallest absolute Gasteiger partial charge is 0.123 e. The topological polar surface area (TPSA) is 12.9 Å². The van der Waals surface area contributed by atoms with Gasteiger partial charge >= 0.3 is 0 Å². The van der Waals surface area contributed by atoms with Crippen molar-refractivity contribution in [3.63, 3.8) is 0 Å². The molecule has 2 aromatic carbocycles. The van der Waals surface area contributed by atoms with Gasteiger partial charge in [-0.25, -0.2) is 4.39 Å². The third-order valence-corrected chi connectivity index (χ3v) is 5.16. The highest BCUT2D eigenvalue weighted by molar-refractivity contribution is 9.28. The molecule has 0 aliphatic rings. The van der Waals surface area contributed by atoms with E-state index >= 15 is 0 Å². The van der Waals surface area contributed by atoms with Gasteiger partial charge in [-0.1, -0.05) is 63.2 Å². The summed E-state index contributed by atoms with van der Waals surface area (Å²) in [5, 5.41) is 0. The molecule has 0 saturated heterocycles. The second-order valence-corrected chi connectivity index (χ2v) is 9.70. The van der Waals surface area contributed by atoms with Crippen LogP contribution in [-0.2, 0) is 6.42 Å². The van der Waals surface area contributed by atoms with Crippen LogP contribution in [0, 0.1) is 5.82 Å². The summed E-state index contributed by atoms with van der Waals surface area (Å²) in [5.74, 6) is 0.000140. The number of halogens is 3. The van der Waals surface area contributed by atoms with E-state index in [-0.39, 0.29) is 11.7 Å². The molecule has 0 radical (unpaired) electrons. The molecule has 0 aliphatic heterocycles. The minimum Gasteiger partial charge on any atom is -0.252 e. The van der Waals surface area contributed by atoms with Crippen molar-refractivity contribution < 1.29 is 4.39 Å². The highest BCUT2D eigenvalue weighted by Crippen LogP contribution is 2.40. The average molecular weight is 503 g/mol.